The average Bonchev–Trinajstić information content (AvgIpc) is 2.55. The Hall–Kier alpha value is -2.51. The lowest BCUT2D eigenvalue weighted by Crippen LogP contribution is -2.05. The Bertz CT molecular complexity index is 912. The van der Waals surface area contributed by atoms with Crippen LogP contribution in [0.1, 0.15) is 5.56 Å². The number of ether oxygens (including phenoxy) is 1. The first-order chi connectivity index (χ1) is 11.3. The third kappa shape index (κ3) is 3.47. The highest BCUT2D eigenvalue weighted by molar-refractivity contribution is 6.33. The van der Waals surface area contributed by atoms with Gasteiger partial charge in [0.1, 0.15) is 5.75 Å². The van der Waals surface area contributed by atoms with Crippen molar-refractivity contribution in [3.63, 3.8) is 0 Å². The number of methoxy groups -OCH3 is 1. The molecule has 0 saturated heterocycles. The first-order valence-electron chi connectivity index (χ1n) is 6.91. The highest BCUT2D eigenvalue weighted by Crippen LogP contribution is 2.39. The maximum Gasteiger partial charge on any atom is 0.416 e. The number of hydrogen-bond acceptors (Lipinski definition) is 4. The number of alkyl halides is 3. The third-order valence-corrected chi connectivity index (χ3v) is 3.97. The highest BCUT2D eigenvalue weighted by atomic mass is 35.5. The van der Waals surface area contributed by atoms with Crippen LogP contribution in [0.25, 0.3) is 22.0 Å². The van der Waals surface area contributed by atoms with Crippen LogP contribution in [0, 0.1) is 0 Å². The summed E-state index contributed by atoms with van der Waals surface area (Å²) in [6, 6.07) is 10.3. The average molecular weight is 370 g/mol. The number of rotatable bonds is 2. The van der Waals surface area contributed by atoms with Crippen LogP contribution in [0.2, 0.25) is 5.15 Å². The van der Waals surface area contributed by atoms with E-state index in [2.05, 4.69) is 4.98 Å². The second-order valence-corrected chi connectivity index (χ2v) is 5.51. The quantitative estimate of drug-likeness (QED) is 0.598. The molecule has 3 rings (SSSR count). The van der Waals surface area contributed by atoms with Gasteiger partial charge in [0.25, 0.3) is 0 Å². The fraction of sp³-hybridized carbons (Fsp3) is 0.118. The number of benzene rings is 2. The number of anilines is 1. The number of nitrogens with zero attached hydrogens (tertiary/aromatic N) is 1. The molecule has 5 N–H and O–H groups in total. The molecule has 4 nitrogen and oxygen atoms in total. The van der Waals surface area contributed by atoms with Gasteiger partial charge in [-0.1, -0.05) is 29.8 Å². The van der Waals surface area contributed by atoms with E-state index in [0.29, 0.717) is 22.3 Å². The second kappa shape index (κ2) is 6.78. The second-order valence-electron chi connectivity index (χ2n) is 5.15. The smallest absolute Gasteiger partial charge is 0.416 e. The molecular weight excluding hydrogens is 355 g/mol. The molecule has 0 aliphatic heterocycles. The lowest BCUT2D eigenvalue weighted by molar-refractivity contribution is -0.137. The molecule has 0 unspecified atom stereocenters. The van der Waals surface area contributed by atoms with Crippen LogP contribution >= 0.6 is 11.6 Å². The van der Waals surface area contributed by atoms with Crippen molar-refractivity contribution >= 4 is 28.2 Å². The molecule has 132 valence electrons. The summed E-state index contributed by atoms with van der Waals surface area (Å²) in [5, 5.41) is 0.461. The van der Waals surface area contributed by atoms with Gasteiger partial charge in [0.15, 0.2) is 5.15 Å². The van der Waals surface area contributed by atoms with Gasteiger partial charge >= 0.3 is 6.18 Å². The fourth-order valence-electron chi connectivity index (χ4n) is 2.49. The molecule has 0 amide bonds. The van der Waals surface area contributed by atoms with Crippen LogP contribution in [0.3, 0.4) is 0 Å². The first-order valence-corrected chi connectivity index (χ1v) is 7.29. The molecule has 3 aromatic rings. The number of hydrogen-bond donors (Lipinski definition) is 2. The summed E-state index contributed by atoms with van der Waals surface area (Å²) in [4.78, 5) is 3.98. The summed E-state index contributed by atoms with van der Waals surface area (Å²) in [6.45, 7) is 0. The van der Waals surface area contributed by atoms with Gasteiger partial charge in [-0.05, 0) is 29.8 Å². The van der Waals surface area contributed by atoms with Crippen molar-refractivity contribution in [2.24, 2.45) is 0 Å². The van der Waals surface area contributed by atoms with E-state index in [-0.39, 0.29) is 22.5 Å². The number of aromatic nitrogens is 1. The molecule has 25 heavy (non-hydrogen) atoms. The number of fused-ring (bicyclic) bond motifs is 1. The van der Waals surface area contributed by atoms with E-state index in [1.165, 1.54) is 6.07 Å². The molecule has 0 atom stereocenters. The van der Waals surface area contributed by atoms with Crippen LogP contribution in [0.15, 0.2) is 42.5 Å². The van der Waals surface area contributed by atoms with Gasteiger partial charge in [0.2, 0.25) is 0 Å². The predicted octanol–water partition coefficient (Wildman–Crippen LogP) is 5.33. The van der Waals surface area contributed by atoms with E-state index < -0.39 is 11.7 Å². The number of nitrogen functional groups attached to an aromatic ring is 1. The van der Waals surface area contributed by atoms with Gasteiger partial charge in [-0.3, -0.25) is 0 Å². The standard InChI is InChI=1S/C17H12ClF3N2O.H3N/c1-24-11-5-2-9(3-6-11)14-12-7-4-10(17(19,20)21)8-13(12)23-16(18)15(14)22;/h2-8H,22H2,1H3;1H3. The Labute approximate surface area is 147 Å². The zero-order valence-electron chi connectivity index (χ0n) is 13.2. The SMILES string of the molecule is COc1ccc(-c2c(N)c(Cl)nc3cc(C(F)(F)F)ccc23)cc1.N. The molecule has 1 aromatic heterocycles. The van der Waals surface area contributed by atoms with Crippen LogP contribution in [0.4, 0.5) is 18.9 Å². The maximum atomic E-state index is 12.9. The maximum absolute atomic E-state index is 12.9. The molecule has 0 radical (unpaired) electrons. The molecule has 0 saturated carbocycles. The predicted molar refractivity (Wildman–Crippen MR) is 93.2 cm³/mol. The highest BCUT2D eigenvalue weighted by Gasteiger charge is 2.31. The van der Waals surface area contributed by atoms with Gasteiger partial charge in [-0.25, -0.2) is 4.98 Å². The number of nitrogens with two attached hydrogens (primary N) is 1. The van der Waals surface area contributed by atoms with Crippen LogP contribution in [-0.2, 0) is 6.18 Å². The van der Waals surface area contributed by atoms with Gasteiger partial charge in [-0.15, -0.1) is 0 Å². The monoisotopic (exact) mass is 369 g/mol. The van der Waals surface area contributed by atoms with E-state index in [0.717, 1.165) is 12.1 Å². The molecule has 0 aliphatic carbocycles. The Balaban J connectivity index is 0.00000225. The van der Waals surface area contributed by atoms with E-state index in [1.807, 2.05) is 0 Å². The van der Waals surface area contributed by atoms with Crippen molar-refractivity contribution < 1.29 is 17.9 Å². The van der Waals surface area contributed by atoms with Gasteiger partial charge in [0.05, 0.1) is 23.9 Å². The molecule has 8 heteroatoms. The Kier molecular flexibility index (Phi) is 5.10. The summed E-state index contributed by atoms with van der Waals surface area (Å²) in [5.41, 5.74) is 6.84. The Morgan fingerprint density at radius 1 is 1.08 bits per heavy atom. The zero-order valence-corrected chi connectivity index (χ0v) is 13.9. The third-order valence-electron chi connectivity index (χ3n) is 3.68. The molecular formula is C17H15ClF3N3O. The minimum Gasteiger partial charge on any atom is -0.497 e. The van der Waals surface area contributed by atoms with E-state index in [9.17, 15) is 13.2 Å². The Morgan fingerprint density at radius 3 is 2.28 bits per heavy atom. The summed E-state index contributed by atoms with van der Waals surface area (Å²) in [5.74, 6) is 0.654. The van der Waals surface area contributed by atoms with Crippen molar-refractivity contribution in [3.8, 4) is 16.9 Å². The summed E-state index contributed by atoms with van der Waals surface area (Å²) in [7, 11) is 1.54. The lowest BCUT2D eigenvalue weighted by Gasteiger charge is -2.14. The summed E-state index contributed by atoms with van der Waals surface area (Å²) >= 11 is 6.03. The molecule has 0 fully saturated rings. The lowest BCUT2D eigenvalue weighted by atomic mass is 9.98. The number of halogens is 4. The minimum atomic E-state index is -4.45. The van der Waals surface area contributed by atoms with Gasteiger partial charge in [-0.2, -0.15) is 13.2 Å². The van der Waals surface area contributed by atoms with Gasteiger partial charge in [0, 0.05) is 10.9 Å². The van der Waals surface area contributed by atoms with Crippen molar-refractivity contribution in [2.75, 3.05) is 12.8 Å². The molecule has 0 aliphatic rings. The topological polar surface area (TPSA) is 83.1 Å². The van der Waals surface area contributed by atoms with E-state index in [1.54, 1.807) is 31.4 Å². The van der Waals surface area contributed by atoms with Crippen LogP contribution in [-0.4, -0.2) is 12.1 Å². The van der Waals surface area contributed by atoms with Crippen LogP contribution in [0.5, 0.6) is 5.75 Å². The molecule has 0 spiro atoms. The molecule has 2 aromatic carbocycles. The zero-order chi connectivity index (χ0) is 17.5. The number of pyridine rings is 1. The van der Waals surface area contributed by atoms with Crippen molar-refractivity contribution in [3.05, 3.63) is 53.2 Å². The summed E-state index contributed by atoms with van der Waals surface area (Å²) < 4.78 is 43.8. The fourth-order valence-corrected chi connectivity index (χ4v) is 2.68. The minimum absolute atomic E-state index is 0. The van der Waals surface area contributed by atoms with Crippen molar-refractivity contribution in [2.45, 2.75) is 6.18 Å². The van der Waals surface area contributed by atoms with Crippen molar-refractivity contribution in [1.29, 1.82) is 0 Å². The van der Waals surface area contributed by atoms with Gasteiger partial charge < -0.3 is 16.6 Å². The summed E-state index contributed by atoms with van der Waals surface area (Å²) in [6.07, 6.45) is -4.45. The van der Waals surface area contributed by atoms with E-state index in [4.69, 9.17) is 22.1 Å². The first kappa shape index (κ1) is 18.8. The van der Waals surface area contributed by atoms with Crippen LogP contribution < -0.4 is 16.6 Å². The molecule has 0 bridgehead atoms. The molecule has 1 heterocycles. The Morgan fingerprint density at radius 2 is 1.72 bits per heavy atom. The normalized spacial score (nSPS) is 11.2. The van der Waals surface area contributed by atoms with Crippen molar-refractivity contribution in [1.82, 2.24) is 11.1 Å². The van der Waals surface area contributed by atoms with E-state index >= 15 is 0 Å². The largest absolute Gasteiger partial charge is 0.497 e.